The molecular formula is C12H16N4O3. The van der Waals surface area contributed by atoms with Crippen LogP contribution in [0.1, 0.15) is 42.3 Å². The van der Waals surface area contributed by atoms with E-state index in [9.17, 15) is 4.79 Å². The highest BCUT2D eigenvalue weighted by molar-refractivity contribution is 5.88. The summed E-state index contributed by atoms with van der Waals surface area (Å²) < 4.78 is 11.5. The molecule has 0 radical (unpaired) electrons. The van der Waals surface area contributed by atoms with Gasteiger partial charge in [0, 0.05) is 12.6 Å². The number of carbonyl (C=O) groups is 1. The molecule has 2 aromatic rings. The Labute approximate surface area is 110 Å². The second kappa shape index (κ2) is 6.12. The fourth-order valence-corrected chi connectivity index (χ4v) is 1.58. The first-order valence-electron chi connectivity index (χ1n) is 6.24. The first kappa shape index (κ1) is 13.3. The number of nitrogens with zero attached hydrogens (tertiary/aromatic N) is 4. The molecular weight excluding hydrogens is 248 g/mol. The number of carbonyl (C=O) groups excluding carboxylic acids is 1. The van der Waals surface area contributed by atoms with E-state index >= 15 is 0 Å². The van der Waals surface area contributed by atoms with Gasteiger partial charge >= 0.3 is 5.97 Å². The molecule has 2 rings (SSSR count). The highest BCUT2D eigenvalue weighted by Crippen LogP contribution is 2.05. The van der Waals surface area contributed by atoms with Crippen LogP contribution in [0.25, 0.3) is 0 Å². The Morgan fingerprint density at radius 1 is 1.47 bits per heavy atom. The van der Waals surface area contributed by atoms with Gasteiger partial charge in [0.2, 0.25) is 5.89 Å². The zero-order valence-electron chi connectivity index (χ0n) is 11.0. The molecule has 0 saturated carbocycles. The average molecular weight is 264 g/mol. The normalized spacial score (nSPS) is 10.6. The Morgan fingerprint density at radius 3 is 3.05 bits per heavy atom. The van der Waals surface area contributed by atoms with Gasteiger partial charge < -0.3 is 9.26 Å². The average Bonchev–Trinajstić information content (AvgIpc) is 3.00. The molecule has 0 aliphatic carbocycles. The van der Waals surface area contributed by atoms with Gasteiger partial charge in [0.25, 0.3) is 0 Å². The summed E-state index contributed by atoms with van der Waals surface area (Å²) in [6.45, 7) is 4.52. The van der Waals surface area contributed by atoms with Gasteiger partial charge in [-0.3, -0.25) is 4.68 Å². The van der Waals surface area contributed by atoms with Gasteiger partial charge in [-0.15, -0.1) is 0 Å². The Morgan fingerprint density at radius 2 is 2.32 bits per heavy atom. The molecule has 2 heterocycles. The molecule has 0 saturated heterocycles. The highest BCUT2D eigenvalue weighted by atomic mass is 16.5. The summed E-state index contributed by atoms with van der Waals surface area (Å²) in [6.07, 6.45) is 4.79. The largest absolute Gasteiger partial charge is 0.462 e. The second-order valence-electron chi connectivity index (χ2n) is 4.00. The second-order valence-corrected chi connectivity index (χ2v) is 4.00. The molecule has 0 fully saturated rings. The molecule has 102 valence electrons. The van der Waals surface area contributed by atoms with Crippen molar-refractivity contribution >= 4 is 5.97 Å². The van der Waals surface area contributed by atoms with Crippen LogP contribution in [0, 0.1) is 0 Å². The Bertz CT molecular complexity index is 547. The summed E-state index contributed by atoms with van der Waals surface area (Å²) in [5.41, 5.74) is 0.416. The van der Waals surface area contributed by atoms with Crippen LogP contribution in [-0.2, 0) is 17.7 Å². The van der Waals surface area contributed by atoms with E-state index in [2.05, 4.69) is 15.2 Å². The smallest absolute Gasteiger partial charge is 0.341 e. The first-order chi connectivity index (χ1) is 9.22. The molecule has 7 heteroatoms. The third kappa shape index (κ3) is 3.40. The maximum Gasteiger partial charge on any atom is 0.341 e. The van der Waals surface area contributed by atoms with Crippen LogP contribution in [0.5, 0.6) is 0 Å². The van der Waals surface area contributed by atoms with Crippen LogP contribution in [0.15, 0.2) is 16.9 Å². The number of aromatic nitrogens is 4. The van der Waals surface area contributed by atoms with Crippen molar-refractivity contribution in [3.8, 4) is 0 Å². The molecule has 7 nitrogen and oxygen atoms in total. The summed E-state index contributed by atoms with van der Waals surface area (Å²) >= 11 is 0. The van der Waals surface area contributed by atoms with Crippen molar-refractivity contribution in [3.05, 3.63) is 29.7 Å². The fraction of sp³-hybridized carbons (Fsp3) is 0.500. The molecule has 0 amide bonds. The van der Waals surface area contributed by atoms with Gasteiger partial charge in [-0.05, 0) is 13.3 Å². The van der Waals surface area contributed by atoms with Crippen LogP contribution in [-0.4, -0.2) is 32.5 Å². The van der Waals surface area contributed by atoms with E-state index in [0.717, 1.165) is 12.8 Å². The summed E-state index contributed by atoms with van der Waals surface area (Å²) in [7, 11) is 0. The maximum absolute atomic E-state index is 11.5. The van der Waals surface area contributed by atoms with E-state index in [1.54, 1.807) is 17.8 Å². The quantitative estimate of drug-likeness (QED) is 0.734. The van der Waals surface area contributed by atoms with Gasteiger partial charge in [0.05, 0.1) is 18.4 Å². The lowest BCUT2D eigenvalue weighted by atomic mass is 10.3. The lowest BCUT2D eigenvalue weighted by Crippen LogP contribution is -2.04. The van der Waals surface area contributed by atoms with Gasteiger partial charge in [0.1, 0.15) is 6.54 Å². The van der Waals surface area contributed by atoms with Gasteiger partial charge in [0.15, 0.2) is 5.82 Å². The third-order valence-electron chi connectivity index (χ3n) is 2.42. The molecule has 19 heavy (non-hydrogen) atoms. The van der Waals surface area contributed by atoms with E-state index in [0.29, 0.717) is 30.4 Å². The maximum atomic E-state index is 11.5. The van der Waals surface area contributed by atoms with Crippen LogP contribution >= 0.6 is 0 Å². The van der Waals surface area contributed by atoms with Gasteiger partial charge in [-0.1, -0.05) is 12.1 Å². The Kier molecular flexibility index (Phi) is 4.27. The number of rotatable bonds is 6. The molecule has 0 aromatic carbocycles. The van der Waals surface area contributed by atoms with E-state index in [1.165, 1.54) is 6.20 Å². The molecule has 0 N–H and O–H groups in total. The summed E-state index contributed by atoms with van der Waals surface area (Å²) in [5, 5.41) is 7.92. The molecule has 0 aliphatic rings. The number of hydrogen-bond acceptors (Lipinski definition) is 6. The minimum Gasteiger partial charge on any atom is -0.462 e. The van der Waals surface area contributed by atoms with E-state index in [1.807, 2.05) is 6.92 Å². The van der Waals surface area contributed by atoms with Crippen molar-refractivity contribution in [1.82, 2.24) is 19.9 Å². The third-order valence-corrected chi connectivity index (χ3v) is 2.42. The SMILES string of the molecule is CCCc1nc(Cn2cc(C(=O)OCC)cn2)no1. The zero-order chi connectivity index (χ0) is 13.7. The zero-order valence-corrected chi connectivity index (χ0v) is 11.0. The highest BCUT2D eigenvalue weighted by Gasteiger charge is 2.11. The molecule has 0 aliphatic heterocycles. The van der Waals surface area contributed by atoms with Crippen molar-refractivity contribution in [3.63, 3.8) is 0 Å². The fourth-order valence-electron chi connectivity index (χ4n) is 1.58. The predicted molar refractivity (Wildman–Crippen MR) is 65.6 cm³/mol. The van der Waals surface area contributed by atoms with Gasteiger partial charge in [-0.25, -0.2) is 4.79 Å². The first-order valence-corrected chi connectivity index (χ1v) is 6.24. The minimum absolute atomic E-state index is 0.342. The van der Waals surface area contributed by atoms with Crippen LogP contribution < -0.4 is 0 Å². The number of ether oxygens (including phenoxy) is 1. The Hall–Kier alpha value is -2.18. The number of esters is 1. The summed E-state index contributed by atoms with van der Waals surface area (Å²) in [4.78, 5) is 15.7. The number of hydrogen-bond donors (Lipinski definition) is 0. The number of aryl methyl sites for hydroxylation is 1. The van der Waals surface area contributed by atoms with E-state index in [-0.39, 0.29) is 5.97 Å². The lowest BCUT2D eigenvalue weighted by Gasteiger charge is -1.97. The molecule has 0 atom stereocenters. The summed E-state index contributed by atoms with van der Waals surface area (Å²) in [6, 6.07) is 0. The minimum atomic E-state index is -0.381. The van der Waals surface area contributed by atoms with Crippen LogP contribution in [0.4, 0.5) is 0 Å². The standard InChI is InChI=1S/C12H16N4O3/c1-3-5-11-14-10(15-19-11)8-16-7-9(6-13-16)12(17)18-4-2/h6-7H,3-5,8H2,1-2H3. The van der Waals surface area contributed by atoms with Crippen molar-refractivity contribution in [1.29, 1.82) is 0 Å². The van der Waals surface area contributed by atoms with E-state index in [4.69, 9.17) is 9.26 Å². The molecule has 0 unspecified atom stereocenters. The van der Waals surface area contributed by atoms with Crippen molar-refractivity contribution < 1.29 is 14.1 Å². The lowest BCUT2D eigenvalue weighted by molar-refractivity contribution is 0.0526. The van der Waals surface area contributed by atoms with Crippen molar-refractivity contribution in [2.24, 2.45) is 0 Å². The molecule has 0 spiro atoms. The molecule has 2 aromatic heterocycles. The topological polar surface area (TPSA) is 83.0 Å². The van der Waals surface area contributed by atoms with Gasteiger partial charge in [-0.2, -0.15) is 10.1 Å². The van der Waals surface area contributed by atoms with Crippen molar-refractivity contribution in [2.45, 2.75) is 33.2 Å². The monoisotopic (exact) mass is 264 g/mol. The van der Waals surface area contributed by atoms with Crippen molar-refractivity contribution in [2.75, 3.05) is 6.61 Å². The predicted octanol–water partition coefficient (Wildman–Crippen LogP) is 1.44. The van der Waals surface area contributed by atoms with Crippen LogP contribution in [0.3, 0.4) is 0 Å². The van der Waals surface area contributed by atoms with Crippen LogP contribution in [0.2, 0.25) is 0 Å². The summed E-state index contributed by atoms with van der Waals surface area (Å²) in [5.74, 6) is 0.783. The Balaban J connectivity index is 2.00. The van der Waals surface area contributed by atoms with E-state index < -0.39 is 0 Å². The molecule has 0 bridgehead atoms.